The Labute approximate surface area is 99.3 Å². The van der Waals surface area contributed by atoms with E-state index in [1.807, 2.05) is 0 Å². The van der Waals surface area contributed by atoms with E-state index in [2.05, 4.69) is 15.9 Å². The van der Waals surface area contributed by atoms with Crippen molar-refractivity contribution in [3.63, 3.8) is 0 Å². The average molecular weight is 290 g/mol. The SMILES string of the molecule is NC1CN(c2cc(F)c(Br)cc2[N+](=O)[O-])C1. The second-order valence-corrected chi connectivity index (χ2v) is 4.53. The minimum Gasteiger partial charge on any atom is -0.363 e. The van der Waals surface area contributed by atoms with Crippen molar-refractivity contribution in [1.82, 2.24) is 0 Å². The van der Waals surface area contributed by atoms with Crippen molar-refractivity contribution in [1.29, 1.82) is 0 Å². The zero-order chi connectivity index (χ0) is 11.9. The number of nitro benzene ring substituents is 1. The molecule has 0 radical (unpaired) electrons. The maximum atomic E-state index is 13.3. The third-order valence-corrected chi connectivity index (χ3v) is 3.07. The Bertz CT molecular complexity index is 449. The zero-order valence-corrected chi connectivity index (χ0v) is 9.78. The summed E-state index contributed by atoms with van der Waals surface area (Å²) in [5.74, 6) is -0.513. The molecule has 0 spiro atoms. The van der Waals surface area contributed by atoms with Gasteiger partial charge in [-0.25, -0.2) is 4.39 Å². The molecule has 0 unspecified atom stereocenters. The zero-order valence-electron chi connectivity index (χ0n) is 8.19. The molecule has 1 saturated heterocycles. The average Bonchev–Trinajstić information content (AvgIpc) is 2.16. The van der Waals surface area contributed by atoms with Gasteiger partial charge in [0.2, 0.25) is 0 Å². The lowest BCUT2D eigenvalue weighted by molar-refractivity contribution is -0.384. The van der Waals surface area contributed by atoms with Gasteiger partial charge >= 0.3 is 0 Å². The Morgan fingerprint density at radius 1 is 1.56 bits per heavy atom. The van der Waals surface area contributed by atoms with Crippen LogP contribution in [0.25, 0.3) is 0 Å². The van der Waals surface area contributed by atoms with Crippen molar-refractivity contribution < 1.29 is 9.31 Å². The number of anilines is 1. The third kappa shape index (κ3) is 1.88. The van der Waals surface area contributed by atoms with E-state index in [0.29, 0.717) is 13.1 Å². The predicted molar refractivity (Wildman–Crippen MR) is 60.9 cm³/mol. The number of nitro groups is 1. The number of hydrogen-bond acceptors (Lipinski definition) is 4. The van der Waals surface area contributed by atoms with Gasteiger partial charge in [-0.2, -0.15) is 0 Å². The van der Waals surface area contributed by atoms with Crippen LogP contribution in [0.3, 0.4) is 0 Å². The van der Waals surface area contributed by atoms with Crippen LogP contribution in [-0.2, 0) is 0 Å². The molecule has 2 rings (SSSR count). The van der Waals surface area contributed by atoms with Gasteiger partial charge in [-0.3, -0.25) is 10.1 Å². The fourth-order valence-corrected chi connectivity index (χ4v) is 1.97. The summed E-state index contributed by atoms with van der Waals surface area (Å²) in [4.78, 5) is 12.0. The molecular weight excluding hydrogens is 281 g/mol. The highest BCUT2D eigenvalue weighted by Crippen LogP contribution is 2.35. The van der Waals surface area contributed by atoms with Crippen LogP contribution < -0.4 is 10.6 Å². The quantitative estimate of drug-likeness (QED) is 0.664. The van der Waals surface area contributed by atoms with Crippen molar-refractivity contribution in [3.8, 4) is 0 Å². The van der Waals surface area contributed by atoms with Gasteiger partial charge in [-0.05, 0) is 15.9 Å². The van der Waals surface area contributed by atoms with Crippen molar-refractivity contribution in [3.05, 3.63) is 32.5 Å². The van der Waals surface area contributed by atoms with E-state index in [-0.39, 0.29) is 21.9 Å². The summed E-state index contributed by atoms with van der Waals surface area (Å²) in [6.45, 7) is 1.03. The Morgan fingerprint density at radius 3 is 2.69 bits per heavy atom. The van der Waals surface area contributed by atoms with Crippen LogP contribution in [0.15, 0.2) is 16.6 Å². The molecule has 1 fully saturated rings. The van der Waals surface area contributed by atoms with Gasteiger partial charge in [0, 0.05) is 31.3 Å². The van der Waals surface area contributed by atoms with Gasteiger partial charge in [0.05, 0.1) is 9.40 Å². The van der Waals surface area contributed by atoms with E-state index in [1.54, 1.807) is 4.90 Å². The highest BCUT2D eigenvalue weighted by molar-refractivity contribution is 9.10. The Kier molecular flexibility index (Phi) is 2.81. The van der Waals surface area contributed by atoms with Crippen LogP contribution in [-0.4, -0.2) is 24.1 Å². The summed E-state index contributed by atoms with van der Waals surface area (Å²) in [7, 11) is 0. The topological polar surface area (TPSA) is 72.4 Å². The van der Waals surface area contributed by atoms with Gasteiger partial charge in [0.15, 0.2) is 0 Å². The summed E-state index contributed by atoms with van der Waals surface area (Å²) in [6, 6.07) is 2.34. The first-order chi connectivity index (χ1) is 7.49. The minimum absolute atomic E-state index is 0.00584. The van der Waals surface area contributed by atoms with Crippen molar-refractivity contribution >= 4 is 27.3 Å². The number of nitrogens with zero attached hydrogens (tertiary/aromatic N) is 2. The monoisotopic (exact) mass is 289 g/mol. The van der Waals surface area contributed by atoms with Crippen LogP contribution in [0.5, 0.6) is 0 Å². The van der Waals surface area contributed by atoms with Crippen LogP contribution in [0.4, 0.5) is 15.8 Å². The minimum atomic E-state index is -0.524. The van der Waals surface area contributed by atoms with Crippen molar-refractivity contribution in [2.24, 2.45) is 5.73 Å². The maximum Gasteiger partial charge on any atom is 0.293 e. The van der Waals surface area contributed by atoms with E-state index in [1.165, 1.54) is 6.07 Å². The Hall–Kier alpha value is -1.21. The number of nitrogens with two attached hydrogens (primary N) is 1. The molecule has 0 saturated carbocycles. The van der Waals surface area contributed by atoms with Gasteiger partial charge < -0.3 is 10.6 Å². The highest BCUT2D eigenvalue weighted by Gasteiger charge is 2.30. The lowest BCUT2D eigenvalue weighted by Gasteiger charge is -2.38. The summed E-state index contributed by atoms with van der Waals surface area (Å²) >= 11 is 2.93. The molecule has 16 heavy (non-hydrogen) atoms. The number of benzene rings is 1. The summed E-state index contributed by atoms with van der Waals surface area (Å²) in [6.07, 6.45) is 0. The first kappa shape index (κ1) is 11.3. The summed E-state index contributed by atoms with van der Waals surface area (Å²) in [5.41, 5.74) is 5.76. The maximum absolute atomic E-state index is 13.3. The van der Waals surface area contributed by atoms with E-state index in [0.717, 1.165) is 6.07 Å². The summed E-state index contributed by atoms with van der Waals surface area (Å²) < 4.78 is 13.4. The second kappa shape index (κ2) is 3.99. The molecule has 1 aliphatic heterocycles. The van der Waals surface area contributed by atoms with Gasteiger partial charge in [0.1, 0.15) is 11.5 Å². The van der Waals surface area contributed by atoms with Crippen LogP contribution in [0, 0.1) is 15.9 Å². The van der Waals surface area contributed by atoms with Crippen LogP contribution in [0.2, 0.25) is 0 Å². The molecule has 1 aliphatic rings. The molecule has 0 aromatic heterocycles. The lowest BCUT2D eigenvalue weighted by atomic mass is 10.1. The van der Waals surface area contributed by atoms with Gasteiger partial charge in [-0.1, -0.05) is 0 Å². The fraction of sp³-hybridized carbons (Fsp3) is 0.333. The fourth-order valence-electron chi connectivity index (χ4n) is 1.63. The van der Waals surface area contributed by atoms with Crippen LogP contribution in [0.1, 0.15) is 0 Å². The van der Waals surface area contributed by atoms with Crippen molar-refractivity contribution in [2.75, 3.05) is 18.0 Å². The first-order valence-electron chi connectivity index (χ1n) is 4.63. The molecule has 5 nitrogen and oxygen atoms in total. The smallest absolute Gasteiger partial charge is 0.293 e. The van der Waals surface area contributed by atoms with E-state index < -0.39 is 10.7 Å². The standard InChI is InChI=1S/C9H9BrFN3O2/c10-6-1-9(14(15)16)8(2-7(6)11)13-3-5(12)4-13/h1-2,5H,3-4,12H2. The normalized spacial score (nSPS) is 16.1. The van der Waals surface area contributed by atoms with E-state index in [9.17, 15) is 14.5 Å². The van der Waals surface area contributed by atoms with Crippen LogP contribution >= 0.6 is 15.9 Å². The molecular formula is C9H9BrFN3O2. The molecule has 1 aromatic rings. The Balaban J connectivity index is 2.42. The number of hydrogen-bond donors (Lipinski definition) is 1. The van der Waals surface area contributed by atoms with E-state index in [4.69, 9.17) is 5.73 Å². The molecule has 1 heterocycles. The molecule has 7 heteroatoms. The third-order valence-electron chi connectivity index (χ3n) is 2.46. The predicted octanol–water partition coefficient (Wildman–Crippen LogP) is 1.64. The Morgan fingerprint density at radius 2 is 2.19 bits per heavy atom. The second-order valence-electron chi connectivity index (χ2n) is 3.68. The molecule has 0 amide bonds. The first-order valence-corrected chi connectivity index (χ1v) is 5.42. The van der Waals surface area contributed by atoms with Gasteiger partial charge in [-0.15, -0.1) is 0 Å². The number of rotatable bonds is 2. The molecule has 2 N–H and O–H groups in total. The number of halogens is 2. The molecule has 0 atom stereocenters. The lowest BCUT2D eigenvalue weighted by Crippen LogP contribution is -2.56. The van der Waals surface area contributed by atoms with Gasteiger partial charge in [0.25, 0.3) is 5.69 Å². The summed E-state index contributed by atoms with van der Waals surface area (Å²) in [5, 5.41) is 10.8. The highest BCUT2D eigenvalue weighted by atomic mass is 79.9. The molecule has 0 aliphatic carbocycles. The molecule has 86 valence electrons. The molecule has 1 aromatic carbocycles. The van der Waals surface area contributed by atoms with E-state index >= 15 is 0 Å². The largest absolute Gasteiger partial charge is 0.363 e. The molecule has 0 bridgehead atoms. The van der Waals surface area contributed by atoms with Crippen molar-refractivity contribution in [2.45, 2.75) is 6.04 Å².